The van der Waals surface area contributed by atoms with E-state index in [4.69, 9.17) is 5.11 Å². The van der Waals surface area contributed by atoms with Gasteiger partial charge in [0.2, 0.25) is 10.0 Å². The predicted octanol–water partition coefficient (Wildman–Crippen LogP) is 2.14. The van der Waals surface area contributed by atoms with Crippen LogP contribution in [-0.2, 0) is 10.0 Å². The molecule has 116 valence electrons. The molecule has 1 aromatic carbocycles. The largest absolute Gasteiger partial charge is 0.384 e. The average molecular weight is 309 g/mol. The Hall–Kier alpha value is -1.35. The van der Waals surface area contributed by atoms with Gasteiger partial charge < -0.3 is 5.11 Å². The van der Waals surface area contributed by atoms with E-state index in [1.807, 2.05) is 0 Å². The third kappa shape index (κ3) is 6.30. The molecule has 0 radical (unpaired) electrons. The van der Waals surface area contributed by atoms with Gasteiger partial charge in [-0.3, -0.25) is 0 Å². The first-order chi connectivity index (χ1) is 9.97. The Bertz CT molecular complexity index is 597. The van der Waals surface area contributed by atoms with Gasteiger partial charge in [-0.15, -0.1) is 0 Å². The summed E-state index contributed by atoms with van der Waals surface area (Å²) >= 11 is 0. The number of hydrogen-bond acceptors (Lipinski definition) is 3. The number of sulfonamides is 1. The average Bonchev–Trinajstić information content (AvgIpc) is 2.44. The Morgan fingerprint density at radius 3 is 2.62 bits per heavy atom. The van der Waals surface area contributed by atoms with Crippen molar-refractivity contribution in [3.8, 4) is 11.8 Å². The van der Waals surface area contributed by atoms with E-state index in [0.29, 0.717) is 18.0 Å². The maximum atomic E-state index is 12.3. The minimum Gasteiger partial charge on any atom is -0.384 e. The molecule has 4 nitrogen and oxygen atoms in total. The maximum absolute atomic E-state index is 12.3. The molecule has 1 rings (SSSR count). The van der Waals surface area contributed by atoms with Crippen molar-refractivity contribution >= 4 is 10.0 Å². The lowest BCUT2D eigenvalue weighted by atomic mass is 10.1. The maximum Gasteiger partial charge on any atom is 0.241 e. The first kappa shape index (κ1) is 17.7. The highest BCUT2D eigenvalue weighted by Gasteiger charge is 2.16. The van der Waals surface area contributed by atoms with E-state index >= 15 is 0 Å². The van der Waals surface area contributed by atoms with Crippen LogP contribution in [-0.4, -0.2) is 26.7 Å². The number of nitrogens with one attached hydrogen (secondary N) is 1. The number of aliphatic hydroxyl groups is 1. The third-order valence-corrected chi connectivity index (χ3v) is 4.50. The number of hydrogen-bond donors (Lipinski definition) is 2. The summed E-state index contributed by atoms with van der Waals surface area (Å²) in [6, 6.07) is 6.55. The zero-order valence-electron chi connectivity index (χ0n) is 12.6. The Morgan fingerprint density at radius 1 is 1.24 bits per heavy atom. The normalized spacial score (nSPS) is 11.2. The minimum atomic E-state index is -3.56. The van der Waals surface area contributed by atoms with Crippen LogP contribution in [0.4, 0.5) is 0 Å². The Kier molecular flexibility index (Phi) is 7.44. The molecule has 0 saturated heterocycles. The van der Waals surface area contributed by atoms with E-state index in [0.717, 1.165) is 19.3 Å². The van der Waals surface area contributed by atoms with Gasteiger partial charge in [-0.25, -0.2) is 13.1 Å². The van der Waals surface area contributed by atoms with E-state index < -0.39 is 10.0 Å². The lowest BCUT2D eigenvalue weighted by molar-refractivity contribution is 0.350. The van der Waals surface area contributed by atoms with Crippen LogP contribution >= 0.6 is 0 Å². The van der Waals surface area contributed by atoms with Gasteiger partial charge >= 0.3 is 0 Å². The monoisotopic (exact) mass is 309 g/mol. The quantitative estimate of drug-likeness (QED) is 0.599. The summed E-state index contributed by atoms with van der Waals surface area (Å²) in [6.45, 7) is 4.44. The van der Waals surface area contributed by atoms with Crippen molar-refractivity contribution in [2.45, 2.75) is 38.0 Å². The van der Waals surface area contributed by atoms with Crippen LogP contribution in [0.2, 0.25) is 0 Å². The van der Waals surface area contributed by atoms with Gasteiger partial charge in [0.1, 0.15) is 6.61 Å². The molecule has 0 atom stereocenters. The molecule has 21 heavy (non-hydrogen) atoms. The lowest BCUT2D eigenvalue weighted by Crippen LogP contribution is -2.25. The molecule has 2 N–H and O–H groups in total. The van der Waals surface area contributed by atoms with Crippen LogP contribution in [0.5, 0.6) is 0 Å². The van der Waals surface area contributed by atoms with E-state index in [1.54, 1.807) is 18.2 Å². The molecule has 0 amide bonds. The van der Waals surface area contributed by atoms with Crippen molar-refractivity contribution in [2.75, 3.05) is 13.2 Å². The van der Waals surface area contributed by atoms with Gasteiger partial charge in [-0.05, 0) is 24.5 Å². The van der Waals surface area contributed by atoms with Crippen molar-refractivity contribution in [1.29, 1.82) is 0 Å². The van der Waals surface area contributed by atoms with Crippen molar-refractivity contribution < 1.29 is 13.5 Å². The molecule has 0 unspecified atom stereocenters. The third-order valence-electron chi connectivity index (χ3n) is 2.98. The lowest BCUT2D eigenvalue weighted by Gasteiger charge is -2.09. The first-order valence-electron chi connectivity index (χ1n) is 7.16. The minimum absolute atomic E-state index is 0.162. The van der Waals surface area contributed by atoms with E-state index in [2.05, 4.69) is 30.4 Å². The molecule has 0 aliphatic rings. The van der Waals surface area contributed by atoms with E-state index in [-0.39, 0.29) is 11.5 Å². The fraction of sp³-hybridized carbons (Fsp3) is 0.500. The van der Waals surface area contributed by atoms with Crippen molar-refractivity contribution in [3.63, 3.8) is 0 Å². The van der Waals surface area contributed by atoms with Gasteiger partial charge in [-0.2, -0.15) is 0 Å². The fourth-order valence-electron chi connectivity index (χ4n) is 1.90. The smallest absolute Gasteiger partial charge is 0.241 e. The van der Waals surface area contributed by atoms with Gasteiger partial charge in [-0.1, -0.05) is 50.7 Å². The molecule has 5 heteroatoms. The molecule has 0 spiro atoms. The predicted molar refractivity (Wildman–Crippen MR) is 84.3 cm³/mol. The number of rotatable bonds is 7. The summed E-state index contributed by atoms with van der Waals surface area (Å²) in [5, 5.41) is 8.73. The fourth-order valence-corrected chi connectivity index (χ4v) is 3.14. The Balaban J connectivity index is 2.70. The molecular formula is C16H23NO3S. The van der Waals surface area contributed by atoms with Crippen molar-refractivity contribution in [3.05, 3.63) is 29.8 Å². The van der Waals surface area contributed by atoms with Gasteiger partial charge in [0, 0.05) is 12.1 Å². The zero-order chi connectivity index (χ0) is 15.7. The second-order valence-electron chi connectivity index (χ2n) is 5.24. The van der Waals surface area contributed by atoms with Crippen LogP contribution in [0, 0.1) is 17.8 Å². The molecule has 0 aliphatic heterocycles. The molecule has 0 bridgehead atoms. The van der Waals surface area contributed by atoms with Crippen LogP contribution in [0.25, 0.3) is 0 Å². The summed E-state index contributed by atoms with van der Waals surface area (Å²) in [5.41, 5.74) is 0.404. The molecule has 0 heterocycles. The molecule has 0 saturated carbocycles. The van der Waals surface area contributed by atoms with Crippen molar-refractivity contribution in [1.82, 2.24) is 4.72 Å². The van der Waals surface area contributed by atoms with Crippen LogP contribution in [0.3, 0.4) is 0 Å². The molecule has 0 fully saturated rings. The second-order valence-corrected chi connectivity index (χ2v) is 6.98. The highest BCUT2D eigenvalue weighted by atomic mass is 32.2. The standard InChI is InChI=1S/C16H23NO3S/c1-14(2)8-5-6-12-17-21(19,20)16-11-4-3-9-15(16)10-7-13-18/h3-4,9,11,14,17-18H,5-6,8,12-13H2,1-2H3. The van der Waals surface area contributed by atoms with Gasteiger partial charge in [0.15, 0.2) is 0 Å². The second kappa shape index (κ2) is 8.83. The molecule has 0 aromatic heterocycles. The summed E-state index contributed by atoms with van der Waals surface area (Å²) in [5.74, 6) is 5.78. The zero-order valence-corrected chi connectivity index (χ0v) is 13.4. The molecule has 0 aliphatic carbocycles. The Morgan fingerprint density at radius 2 is 1.95 bits per heavy atom. The first-order valence-corrected chi connectivity index (χ1v) is 8.64. The number of benzene rings is 1. The van der Waals surface area contributed by atoms with Crippen LogP contribution < -0.4 is 4.72 Å². The van der Waals surface area contributed by atoms with Crippen LogP contribution in [0.1, 0.15) is 38.7 Å². The highest BCUT2D eigenvalue weighted by Crippen LogP contribution is 2.14. The summed E-state index contributed by atoms with van der Waals surface area (Å²) in [4.78, 5) is 0.162. The highest BCUT2D eigenvalue weighted by molar-refractivity contribution is 7.89. The number of aliphatic hydroxyl groups excluding tert-OH is 1. The van der Waals surface area contributed by atoms with E-state index in [9.17, 15) is 8.42 Å². The van der Waals surface area contributed by atoms with Gasteiger partial charge in [0.05, 0.1) is 4.90 Å². The van der Waals surface area contributed by atoms with Crippen LogP contribution in [0.15, 0.2) is 29.2 Å². The van der Waals surface area contributed by atoms with E-state index in [1.165, 1.54) is 6.07 Å². The molecular weight excluding hydrogens is 286 g/mol. The number of unbranched alkanes of at least 4 members (excludes halogenated alkanes) is 1. The summed E-state index contributed by atoms with van der Waals surface area (Å²) in [6.07, 6.45) is 2.92. The summed E-state index contributed by atoms with van der Waals surface area (Å²) < 4.78 is 27.2. The molecule has 1 aromatic rings. The van der Waals surface area contributed by atoms with Crippen molar-refractivity contribution in [2.24, 2.45) is 5.92 Å². The SMILES string of the molecule is CC(C)CCCCNS(=O)(=O)c1ccccc1C#CCO. The topological polar surface area (TPSA) is 66.4 Å². The van der Waals surface area contributed by atoms with Gasteiger partial charge in [0.25, 0.3) is 0 Å². The summed E-state index contributed by atoms with van der Waals surface area (Å²) in [7, 11) is -3.56. The Labute approximate surface area is 127 Å².